The molecule has 1 aliphatic rings. The zero-order chi connectivity index (χ0) is 14.5. The van der Waals surface area contributed by atoms with E-state index in [1.165, 1.54) is 7.11 Å². The highest BCUT2D eigenvalue weighted by Crippen LogP contribution is 2.39. The van der Waals surface area contributed by atoms with Gasteiger partial charge in [0.05, 0.1) is 13.5 Å². The lowest BCUT2D eigenvalue weighted by atomic mass is 9.69. The van der Waals surface area contributed by atoms with E-state index in [1.54, 1.807) is 31.2 Å². The van der Waals surface area contributed by atoms with E-state index in [0.29, 0.717) is 6.42 Å². The van der Waals surface area contributed by atoms with Crippen molar-refractivity contribution in [3.05, 3.63) is 24.3 Å². The summed E-state index contributed by atoms with van der Waals surface area (Å²) in [6, 6.07) is 0. The number of methoxy groups -OCH3 is 1. The number of carboxylic acids is 1. The van der Waals surface area contributed by atoms with Crippen LogP contribution < -0.4 is 5.11 Å². The van der Waals surface area contributed by atoms with Crippen LogP contribution in [0, 0.1) is 17.3 Å². The van der Waals surface area contributed by atoms with E-state index in [9.17, 15) is 19.8 Å². The van der Waals surface area contributed by atoms with Gasteiger partial charge in [0.15, 0.2) is 0 Å². The van der Waals surface area contributed by atoms with E-state index >= 15 is 0 Å². The third kappa shape index (κ3) is 3.92. The molecular weight excluding hydrogens is 248 g/mol. The van der Waals surface area contributed by atoms with Crippen LogP contribution in [0.3, 0.4) is 0 Å². The summed E-state index contributed by atoms with van der Waals surface area (Å²) in [4.78, 5) is 22.4. The molecule has 0 heterocycles. The summed E-state index contributed by atoms with van der Waals surface area (Å²) in [5.41, 5.74) is -0.672. The Balaban J connectivity index is 2.80. The van der Waals surface area contributed by atoms with Gasteiger partial charge < -0.3 is 19.7 Å². The Kier molecular flexibility index (Phi) is 5.30. The number of ether oxygens (including phenoxy) is 1. The largest absolute Gasteiger partial charge is 0.549 e. The first kappa shape index (κ1) is 15.4. The fourth-order valence-electron chi connectivity index (χ4n) is 2.46. The molecule has 19 heavy (non-hydrogen) atoms. The van der Waals surface area contributed by atoms with Gasteiger partial charge in [-0.3, -0.25) is 4.79 Å². The molecule has 3 unspecified atom stereocenters. The first-order valence-electron chi connectivity index (χ1n) is 6.17. The van der Waals surface area contributed by atoms with Crippen molar-refractivity contribution in [1.29, 1.82) is 0 Å². The van der Waals surface area contributed by atoms with Gasteiger partial charge in [-0.2, -0.15) is 0 Å². The minimum absolute atomic E-state index is 0.0694. The number of aliphatic hydroxyl groups is 1. The number of hydrogen-bond donors (Lipinski definition) is 1. The number of hydrogen-bond acceptors (Lipinski definition) is 5. The normalized spacial score (nSPS) is 27.0. The van der Waals surface area contributed by atoms with Crippen LogP contribution in [0.2, 0.25) is 0 Å². The monoisotopic (exact) mass is 267 g/mol. The Morgan fingerprint density at radius 1 is 1.47 bits per heavy atom. The maximum atomic E-state index is 11.2. The number of allylic oxidation sites excluding steroid dienone is 3. The zero-order valence-electron chi connectivity index (χ0n) is 11.2. The number of carboxylic acid groups (broad SMARTS) is 1. The highest BCUT2D eigenvalue weighted by atomic mass is 16.5. The SMILES string of the molecule is COC(=O)CC(CO)CC1(C)C=CC=CC1C(=O)[O-]. The summed E-state index contributed by atoms with van der Waals surface area (Å²) in [5.74, 6) is -2.67. The molecule has 106 valence electrons. The Morgan fingerprint density at radius 2 is 2.16 bits per heavy atom. The molecule has 5 nitrogen and oxygen atoms in total. The molecule has 0 aromatic carbocycles. The standard InChI is InChI=1S/C14H20O5/c1-14(6-4-3-5-11(14)13(17)18)8-10(9-15)7-12(16)19-2/h3-6,10-11,15H,7-9H2,1-2H3,(H,17,18)/p-1. The fourth-order valence-corrected chi connectivity index (χ4v) is 2.46. The maximum Gasteiger partial charge on any atom is 0.305 e. The number of carbonyl (C=O) groups excluding carboxylic acids is 2. The molecule has 1 aliphatic carbocycles. The summed E-state index contributed by atoms with van der Waals surface area (Å²) in [6.45, 7) is 1.59. The van der Waals surface area contributed by atoms with Gasteiger partial charge in [-0.1, -0.05) is 31.2 Å². The molecule has 1 rings (SSSR count). The number of esters is 1. The topological polar surface area (TPSA) is 86.7 Å². The van der Waals surface area contributed by atoms with E-state index in [2.05, 4.69) is 4.74 Å². The second-order valence-corrected chi connectivity index (χ2v) is 5.08. The van der Waals surface area contributed by atoms with E-state index in [1.807, 2.05) is 0 Å². The summed E-state index contributed by atoms with van der Waals surface area (Å²) in [6.07, 6.45) is 7.23. The summed E-state index contributed by atoms with van der Waals surface area (Å²) in [7, 11) is 1.28. The summed E-state index contributed by atoms with van der Waals surface area (Å²) >= 11 is 0. The van der Waals surface area contributed by atoms with Crippen LogP contribution in [0.4, 0.5) is 0 Å². The van der Waals surface area contributed by atoms with E-state index in [-0.39, 0.29) is 18.9 Å². The van der Waals surface area contributed by atoms with Gasteiger partial charge in [-0.05, 0) is 17.8 Å². The van der Waals surface area contributed by atoms with Crippen molar-refractivity contribution in [3.63, 3.8) is 0 Å². The summed E-state index contributed by atoms with van der Waals surface area (Å²) < 4.78 is 4.57. The lowest BCUT2D eigenvalue weighted by molar-refractivity contribution is -0.312. The molecule has 0 saturated heterocycles. The second kappa shape index (κ2) is 6.52. The lowest BCUT2D eigenvalue weighted by Gasteiger charge is -2.38. The summed E-state index contributed by atoms with van der Waals surface area (Å²) in [5, 5.41) is 20.5. The molecule has 0 aromatic rings. The van der Waals surface area contributed by atoms with E-state index in [4.69, 9.17) is 0 Å². The fraction of sp³-hybridized carbons (Fsp3) is 0.571. The smallest absolute Gasteiger partial charge is 0.305 e. The molecule has 3 atom stereocenters. The van der Waals surface area contributed by atoms with Crippen LogP contribution in [0.1, 0.15) is 19.8 Å². The van der Waals surface area contributed by atoms with Crippen LogP contribution in [-0.4, -0.2) is 30.8 Å². The number of rotatable bonds is 6. The molecule has 0 radical (unpaired) electrons. The van der Waals surface area contributed by atoms with Crippen molar-refractivity contribution in [1.82, 2.24) is 0 Å². The van der Waals surface area contributed by atoms with E-state index in [0.717, 1.165) is 0 Å². The van der Waals surface area contributed by atoms with Gasteiger partial charge in [0, 0.05) is 18.5 Å². The highest BCUT2D eigenvalue weighted by Gasteiger charge is 2.35. The van der Waals surface area contributed by atoms with E-state index < -0.39 is 23.3 Å². The highest BCUT2D eigenvalue weighted by molar-refractivity contribution is 5.72. The molecule has 1 N–H and O–H groups in total. The van der Waals surface area contributed by atoms with Crippen LogP contribution in [0.25, 0.3) is 0 Å². The average Bonchev–Trinajstić information content (AvgIpc) is 2.37. The first-order chi connectivity index (χ1) is 8.92. The van der Waals surface area contributed by atoms with Crippen molar-refractivity contribution in [2.75, 3.05) is 13.7 Å². The lowest BCUT2D eigenvalue weighted by Crippen LogP contribution is -2.42. The third-order valence-corrected chi connectivity index (χ3v) is 3.53. The van der Waals surface area contributed by atoms with Crippen LogP contribution in [-0.2, 0) is 14.3 Å². The minimum Gasteiger partial charge on any atom is -0.549 e. The van der Waals surface area contributed by atoms with Gasteiger partial charge >= 0.3 is 5.97 Å². The Morgan fingerprint density at radius 3 is 2.68 bits per heavy atom. The average molecular weight is 267 g/mol. The molecule has 0 amide bonds. The van der Waals surface area contributed by atoms with Gasteiger partial charge in [0.25, 0.3) is 0 Å². The van der Waals surface area contributed by atoms with Gasteiger partial charge in [0.2, 0.25) is 0 Å². The number of aliphatic hydroxyl groups excluding tert-OH is 1. The second-order valence-electron chi connectivity index (χ2n) is 5.08. The van der Waals surface area contributed by atoms with Gasteiger partial charge in [-0.15, -0.1) is 0 Å². The quantitative estimate of drug-likeness (QED) is 0.687. The minimum atomic E-state index is -1.15. The molecule has 0 saturated carbocycles. The van der Waals surface area contributed by atoms with Crippen molar-refractivity contribution >= 4 is 11.9 Å². The predicted molar refractivity (Wildman–Crippen MR) is 66.7 cm³/mol. The van der Waals surface area contributed by atoms with Crippen molar-refractivity contribution in [3.8, 4) is 0 Å². The molecule has 0 aromatic heterocycles. The molecule has 0 aliphatic heterocycles. The van der Waals surface area contributed by atoms with Gasteiger partial charge in [0.1, 0.15) is 0 Å². The Hall–Kier alpha value is -1.62. The molecule has 0 spiro atoms. The Bertz CT molecular complexity index is 399. The molecular formula is C14H19O5-. The number of aliphatic carboxylic acids is 1. The van der Waals surface area contributed by atoms with Gasteiger partial charge in [-0.25, -0.2) is 0 Å². The number of carbonyl (C=O) groups is 2. The molecule has 0 bridgehead atoms. The van der Waals surface area contributed by atoms with Crippen molar-refractivity contribution in [2.45, 2.75) is 19.8 Å². The first-order valence-corrected chi connectivity index (χ1v) is 6.17. The molecule has 5 heteroatoms. The zero-order valence-corrected chi connectivity index (χ0v) is 11.2. The van der Waals surface area contributed by atoms with Crippen molar-refractivity contribution in [2.24, 2.45) is 17.3 Å². The maximum absolute atomic E-state index is 11.2. The predicted octanol–water partition coefficient (Wildman–Crippen LogP) is 0.0465. The van der Waals surface area contributed by atoms with Crippen LogP contribution in [0.15, 0.2) is 24.3 Å². The van der Waals surface area contributed by atoms with Crippen molar-refractivity contribution < 1.29 is 24.5 Å². The van der Waals surface area contributed by atoms with Crippen LogP contribution >= 0.6 is 0 Å². The molecule has 0 fully saturated rings. The third-order valence-electron chi connectivity index (χ3n) is 3.53. The Labute approximate surface area is 112 Å². The van der Waals surface area contributed by atoms with Crippen LogP contribution in [0.5, 0.6) is 0 Å².